The molecule has 0 saturated heterocycles. The Bertz CT molecular complexity index is 1030. The third kappa shape index (κ3) is 2.83. The Morgan fingerprint density at radius 1 is 1.12 bits per heavy atom. The lowest BCUT2D eigenvalue weighted by molar-refractivity contribution is 0.102. The summed E-state index contributed by atoms with van der Waals surface area (Å²) in [7, 11) is 0. The van der Waals surface area contributed by atoms with Gasteiger partial charge in [0.25, 0.3) is 5.91 Å². The molecule has 0 unspecified atom stereocenters. The number of hydrogen-bond donors (Lipinski definition) is 2. The molecule has 24 heavy (non-hydrogen) atoms. The Hall–Kier alpha value is -2.51. The molecule has 0 aliphatic heterocycles. The summed E-state index contributed by atoms with van der Waals surface area (Å²) in [4.78, 5) is 16.6. The monoisotopic (exact) mass is 398 g/mol. The van der Waals surface area contributed by atoms with Gasteiger partial charge in [0.05, 0.1) is 5.69 Å². The van der Waals surface area contributed by atoms with Crippen LogP contribution in [-0.4, -0.2) is 21.1 Å². The van der Waals surface area contributed by atoms with Crippen LogP contribution in [0.5, 0.6) is 0 Å². The van der Waals surface area contributed by atoms with Gasteiger partial charge in [0, 0.05) is 15.6 Å². The molecule has 0 aliphatic rings. The van der Waals surface area contributed by atoms with Gasteiger partial charge >= 0.3 is 0 Å². The molecule has 4 aromatic rings. The second kappa shape index (κ2) is 6.18. The lowest BCUT2D eigenvalue weighted by Crippen LogP contribution is -2.11. The maximum absolute atomic E-state index is 12.2. The van der Waals surface area contributed by atoms with Gasteiger partial charge in [-0.25, -0.2) is 0 Å². The zero-order valence-corrected chi connectivity index (χ0v) is 14.7. The van der Waals surface area contributed by atoms with E-state index in [1.165, 1.54) is 11.3 Å². The molecule has 2 heterocycles. The fraction of sp³-hybridized carbons (Fsp3) is 0. The van der Waals surface area contributed by atoms with Crippen LogP contribution in [0.15, 0.2) is 59.1 Å². The van der Waals surface area contributed by atoms with Crippen LogP contribution in [0.1, 0.15) is 10.4 Å². The van der Waals surface area contributed by atoms with Gasteiger partial charge in [0.15, 0.2) is 10.8 Å². The number of carbonyl (C=O) groups excluding carboxylic acids is 1. The lowest BCUT2D eigenvalue weighted by atomic mass is 10.2. The van der Waals surface area contributed by atoms with Crippen LogP contribution in [-0.2, 0) is 0 Å². The van der Waals surface area contributed by atoms with E-state index in [1.54, 1.807) is 12.1 Å². The molecule has 0 bridgehead atoms. The number of amides is 1. The number of H-pyrrole nitrogens is 1. The van der Waals surface area contributed by atoms with Crippen LogP contribution in [0, 0.1) is 0 Å². The van der Waals surface area contributed by atoms with Gasteiger partial charge < -0.3 is 0 Å². The number of nitrogens with one attached hydrogen (secondary N) is 2. The second-order valence-corrected chi connectivity index (χ2v) is 7.02. The van der Waals surface area contributed by atoms with Crippen molar-refractivity contribution < 1.29 is 4.79 Å². The minimum atomic E-state index is -0.181. The van der Waals surface area contributed by atoms with Crippen molar-refractivity contribution in [2.45, 2.75) is 0 Å². The molecule has 0 saturated carbocycles. The quantitative estimate of drug-likeness (QED) is 0.525. The number of nitrogens with zero attached hydrogens (tertiary/aromatic N) is 2. The molecule has 0 aliphatic carbocycles. The molecule has 0 fully saturated rings. The number of carbonyl (C=O) groups is 1. The number of halogens is 1. The first-order valence-electron chi connectivity index (χ1n) is 7.18. The fourth-order valence-electron chi connectivity index (χ4n) is 2.36. The van der Waals surface area contributed by atoms with Gasteiger partial charge in [0.1, 0.15) is 4.70 Å². The standard InChI is InChI=1S/C17H11BrN4OS/c18-12-8-4-7-11(9-12)13-14-15(22-21-13)19-17(24-14)20-16(23)10-5-2-1-3-6-10/h1-9H,(H2,19,20,21,22,23). The zero-order chi connectivity index (χ0) is 16.5. The number of anilines is 1. The van der Waals surface area contributed by atoms with E-state index in [4.69, 9.17) is 0 Å². The Morgan fingerprint density at radius 2 is 1.96 bits per heavy atom. The number of rotatable bonds is 3. The van der Waals surface area contributed by atoms with Crippen molar-refractivity contribution >= 4 is 48.7 Å². The summed E-state index contributed by atoms with van der Waals surface area (Å²) in [5, 5.41) is 10.6. The molecule has 0 radical (unpaired) electrons. The van der Waals surface area contributed by atoms with Crippen LogP contribution in [0.25, 0.3) is 21.6 Å². The maximum Gasteiger partial charge on any atom is 0.257 e. The van der Waals surface area contributed by atoms with Crippen LogP contribution in [0.2, 0.25) is 0 Å². The molecule has 118 valence electrons. The predicted octanol–water partition coefficient (Wildman–Crippen LogP) is 4.70. The van der Waals surface area contributed by atoms with Crippen molar-refractivity contribution in [2.24, 2.45) is 0 Å². The highest BCUT2D eigenvalue weighted by molar-refractivity contribution is 9.10. The van der Waals surface area contributed by atoms with Crippen LogP contribution < -0.4 is 5.32 Å². The molecule has 1 amide bonds. The molecule has 2 aromatic heterocycles. The van der Waals surface area contributed by atoms with Gasteiger partial charge in [-0.1, -0.05) is 57.6 Å². The third-order valence-corrected chi connectivity index (χ3v) is 4.95. The first-order chi connectivity index (χ1) is 11.7. The molecule has 0 spiro atoms. The highest BCUT2D eigenvalue weighted by Gasteiger charge is 2.15. The van der Waals surface area contributed by atoms with Crippen molar-refractivity contribution in [3.8, 4) is 11.3 Å². The van der Waals surface area contributed by atoms with Gasteiger partial charge in [-0.2, -0.15) is 10.1 Å². The summed E-state index contributed by atoms with van der Waals surface area (Å²) >= 11 is 4.87. The van der Waals surface area contributed by atoms with E-state index in [2.05, 4.69) is 36.4 Å². The highest BCUT2D eigenvalue weighted by atomic mass is 79.9. The van der Waals surface area contributed by atoms with Crippen molar-refractivity contribution in [1.29, 1.82) is 0 Å². The van der Waals surface area contributed by atoms with E-state index in [0.29, 0.717) is 16.3 Å². The summed E-state index contributed by atoms with van der Waals surface area (Å²) in [5.74, 6) is -0.181. The van der Waals surface area contributed by atoms with E-state index in [0.717, 1.165) is 20.4 Å². The topological polar surface area (TPSA) is 70.7 Å². The van der Waals surface area contributed by atoms with Gasteiger partial charge in [0.2, 0.25) is 0 Å². The van der Waals surface area contributed by atoms with E-state index in [9.17, 15) is 4.79 Å². The Labute approximate surface area is 149 Å². The van der Waals surface area contributed by atoms with E-state index in [-0.39, 0.29) is 5.91 Å². The number of aromatic nitrogens is 3. The minimum absolute atomic E-state index is 0.181. The van der Waals surface area contributed by atoms with E-state index < -0.39 is 0 Å². The Morgan fingerprint density at radius 3 is 2.75 bits per heavy atom. The van der Waals surface area contributed by atoms with Gasteiger partial charge in [-0.15, -0.1) is 0 Å². The number of benzene rings is 2. The molecule has 7 heteroatoms. The molecule has 4 rings (SSSR count). The fourth-order valence-corrected chi connectivity index (χ4v) is 3.68. The average molecular weight is 399 g/mol. The van der Waals surface area contributed by atoms with Crippen molar-refractivity contribution in [3.63, 3.8) is 0 Å². The number of fused-ring (bicyclic) bond motifs is 1. The number of aromatic amines is 1. The average Bonchev–Trinajstić information content (AvgIpc) is 3.15. The molecule has 0 atom stereocenters. The van der Waals surface area contributed by atoms with E-state index >= 15 is 0 Å². The summed E-state index contributed by atoms with van der Waals surface area (Å²) in [6.07, 6.45) is 0. The Kier molecular flexibility index (Phi) is 3.87. The van der Waals surface area contributed by atoms with Crippen molar-refractivity contribution in [3.05, 3.63) is 64.6 Å². The summed E-state index contributed by atoms with van der Waals surface area (Å²) in [6.45, 7) is 0. The number of thiazole rings is 1. The zero-order valence-electron chi connectivity index (χ0n) is 12.3. The first kappa shape index (κ1) is 15.0. The summed E-state index contributed by atoms with van der Waals surface area (Å²) in [5.41, 5.74) is 3.10. The van der Waals surface area contributed by atoms with Gasteiger partial charge in [-0.05, 0) is 24.3 Å². The molecule has 2 aromatic carbocycles. The number of hydrogen-bond acceptors (Lipinski definition) is 4. The Balaban J connectivity index is 1.66. The van der Waals surface area contributed by atoms with Crippen LogP contribution in [0.3, 0.4) is 0 Å². The largest absolute Gasteiger partial charge is 0.298 e. The SMILES string of the molecule is O=C(Nc1nc2n[nH]c(-c3cccc(Br)c3)c2s1)c1ccccc1. The molecular formula is C17H11BrN4OS. The van der Waals surface area contributed by atoms with Crippen LogP contribution >= 0.6 is 27.3 Å². The molecule has 5 nitrogen and oxygen atoms in total. The van der Waals surface area contributed by atoms with Crippen molar-refractivity contribution in [1.82, 2.24) is 15.2 Å². The van der Waals surface area contributed by atoms with E-state index in [1.807, 2.05) is 42.5 Å². The summed E-state index contributed by atoms with van der Waals surface area (Å²) < 4.78 is 1.90. The maximum atomic E-state index is 12.2. The van der Waals surface area contributed by atoms with Crippen LogP contribution in [0.4, 0.5) is 5.13 Å². The highest BCUT2D eigenvalue weighted by Crippen LogP contribution is 2.34. The molecule has 2 N–H and O–H groups in total. The second-order valence-electron chi connectivity index (χ2n) is 5.10. The normalized spacial score (nSPS) is 10.9. The smallest absolute Gasteiger partial charge is 0.257 e. The minimum Gasteiger partial charge on any atom is -0.298 e. The lowest BCUT2D eigenvalue weighted by Gasteiger charge is -2.01. The molecular weight excluding hydrogens is 388 g/mol. The predicted molar refractivity (Wildman–Crippen MR) is 99.3 cm³/mol. The van der Waals surface area contributed by atoms with Crippen molar-refractivity contribution in [2.75, 3.05) is 5.32 Å². The third-order valence-electron chi connectivity index (χ3n) is 3.48. The first-order valence-corrected chi connectivity index (χ1v) is 8.79. The van der Waals surface area contributed by atoms with Gasteiger partial charge in [-0.3, -0.25) is 15.2 Å². The summed E-state index contributed by atoms with van der Waals surface area (Å²) in [6, 6.07) is 17.0.